The number of aromatic nitrogens is 1. The lowest BCUT2D eigenvalue weighted by molar-refractivity contribution is 0.658. The quantitative estimate of drug-likeness (QED) is 0.577. The molecule has 0 spiro atoms. The van der Waals surface area contributed by atoms with Crippen LogP contribution in [0.15, 0.2) is 50.4 Å². The number of hydrogen-bond acceptors (Lipinski definition) is 3. The van der Waals surface area contributed by atoms with Crippen molar-refractivity contribution in [3.8, 4) is 0 Å². The molecule has 0 radical (unpaired) electrons. The summed E-state index contributed by atoms with van der Waals surface area (Å²) in [5.41, 5.74) is 0.603. The van der Waals surface area contributed by atoms with Crippen LogP contribution in [0.2, 0.25) is 0 Å². The first-order valence-electron chi connectivity index (χ1n) is 4.80. The van der Waals surface area contributed by atoms with E-state index in [9.17, 15) is 9.59 Å². The van der Waals surface area contributed by atoms with E-state index in [0.717, 1.165) is 0 Å². The Labute approximate surface area is 89.1 Å². The van der Waals surface area contributed by atoms with Crippen LogP contribution in [0.4, 0.5) is 0 Å². The molecule has 0 aliphatic rings. The highest BCUT2D eigenvalue weighted by Gasteiger charge is 2.06. The van der Waals surface area contributed by atoms with Gasteiger partial charge in [-0.2, -0.15) is 0 Å². The molecule has 0 atom stereocenters. The fourth-order valence-electron chi connectivity index (χ4n) is 1.71. The molecular formula is C12H7NO3. The Bertz CT molecular complexity index is 798. The number of para-hydroxylation sites is 1. The minimum Gasteiger partial charge on any atom is -0.454 e. The van der Waals surface area contributed by atoms with Crippen molar-refractivity contribution in [2.45, 2.75) is 0 Å². The Kier molecular flexibility index (Phi) is 1.71. The average Bonchev–Trinajstić information content (AvgIpc) is 2.31. The molecule has 78 valence electrons. The summed E-state index contributed by atoms with van der Waals surface area (Å²) in [4.78, 5) is 25.6. The van der Waals surface area contributed by atoms with Crippen LogP contribution in [0.3, 0.4) is 0 Å². The minimum atomic E-state index is -0.310. The molecule has 1 N–H and O–H groups in total. The zero-order valence-corrected chi connectivity index (χ0v) is 8.19. The smallest absolute Gasteiger partial charge is 0.248 e. The minimum absolute atomic E-state index is 0.213. The van der Waals surface area contributed by atoms with Gasteiger partial charge in [-0.15, -0.1) is 0 Å². The van der Waals surface area contributed by atoms with Crippen molar-refractivity contribution in [3.63, 3.8) is 0 Å². The van der Waals surface area contributed by atoms with E-state index < -0.39 is 0 Å². The Balaban J connectivity index is 2.67. The number of rotatable bonds is 0. The number of hydrogen-bond donors (Lipinski definition) is 1. The van der Waals surface area contributed by atoms with Crippen LogP contribution < -0.4 is 11.0 Å². The molecule has 0 amide bonds. The second kappa shape index (κ2) is 3.06. The summed E-state index contributed by atoms with van der Waals surface area (Å²) in [5, 5.41) is 0.469. The molecular weight excluding hydrogens is 206 g/mol. The van der Waals surface area contributed by atoms with Crippen molar-refractivity contribution in [2.24, 2.45) is 0 Å². The van der Waals surface area contributed by atoms with E-state index in [1.807, 2.05) is 0 Å². The van der Waals surface area contributed by atoms with E-state index in [4.69, 9.17) is 4.42 Å². The van der Waals surface area contributed by atoms with Gasteiger partial charge in [0.05, 0.1) is 5.39 Å². The molecule has 3 aromatic rings. The highest BCUT2D eigenvalue weighted by molar-refractivity contribution is 5.87. The fourth-order valence-corrected chi connectivity index (χ4v) is 1.71. The third-order valence-corrected chi connectivity index (χ3v) is 2.46. The van der Waals surface area contributed by atoms with E-state index in [1.54, 1.807) is 24.3 Å². The lowest BCUT2D eigenvalue weighted by atomic mass is 10.2. The van der Waals surface area contributed by atoms with E-state index in [2.05, 4.69) is 4.98 Å². The fraction of sp³-hybridized carbons (Fsp3) is 0. The molecule has 0 fully saturated rings. The third kappa shape index (κ3) is 1.16. The summed E-state index contributed by atoms with van der Waals surface area (Å²) in [6.45, 7) is 0. The van der Waals surface area contributed by atoms with Crippen molar-refractivity contribution in [2.75, 3.05) is 0 Å². The number of benzene rings is 1. The summed E-state index contributed by atoms with van der Waals surface area (Å²) in [5.74, 6) is 0. The van der Waals surface area contributed by atoms with Crippen LogP contribution in [0, 0.1) is 0 Å². The molecule has 0 saturated carbocycles. The van der Waals surface area contributed by atoms with Gasteiger partial charge >= 0.3 is 0 Å². The van der Waals surface area contributed by atoms with Gasteiger partial charge in [-0.3, -0.25) is 9.59 Å². The summed E-state index contributed by atoms with van der Waals surface area (Å²) < 4.78 is 5.51. The normalized spacial score (nSPS) is 11.0. The van der Waals surface area contributed by atoms with E-state index in [0.29, 0.717) is 16.6 Å². The number of aromatic amines is 1. The van der Waals surface area contributed by atoms with Crippen molar-refractivity contribution < 1.29 is 4.42 Å². The Morgan fingerprint density at radius 3 is 2.62 bits per heavy atom. The highest BCUT2D eigenvalue weighted by atomic mass is 16.3. The monoisotopic (exact) mass is 213 g/mol. The summed E-state index contributed by atoms with van der Waals surface area (Å²) in [6, 6.07) is 9.78. The van der Waals surface area contributed by atoms with Gasteiger partial charge in [0, 0.05) is 6.07 Å². The maximum atomic E-state index is 12.0. The van der Waals surface area contributed by atoms with Gasteiger partial charge < -0.3 is 9.40 Å². The summed E-state index contributed by atoms with van der Waals surface area (Å²) in [7, 11) is 0. The Morgan fingerprint density at radius 1 is 0.938 bits per heavy atom. The molecule has 2 heterocycles. The Morgan fingerprint density at radius 2 is 1.75 bits per heavy atom. The lowest BCUT2D eigenvalue weighted by Gasteiger charge is -1.99. The summed E-state index contributed by atoms with van der Waals surface area (Å²) >= 11 is 0. The van der Waals surface area contributed by atoms with Crippen LogP contribution in [0.25, 0.3) is 22.1 Å². The largest absolute Gasteiger partial charge is 0.454 e. The van der Waals surface area contributed by atoms with Crippen LogP contribution >= 0.6 is 0 Å². The van der Waals surface area contributed by atoms with Gasteiger partial charge in [0.25, 0.3) is 0 Å². The maximum absolute atomic E-state index is 12.0. The van der Waals surface area contributed by atoms with Crippen LogP contribution in [-0.2, 0) is 0 Å². The first kappa shape index (κ1) is 8.91. The molecule has 2 aromatic heterocycles. The Hall–Kier alpha value is -2.36. The molecule has 0 aliphatic heterocycles. The van der Waals surface area contributed by atoms with Gasteiger partial charge in [-0.05, 0) is 18.2 Å². The first-order chi connectivity index (χ1) is 7.75. The maximum Gasteiger partial charge on any atom is 0.248 e. The van der Waals surface area contributed by atoms with E-state index in [-0.39, 0.29) is 16.5 Å². The second-order valence-electron chi connectivity index (χ2n) is 3.49. The molecule has 4 nitrogen and oxygen atoms in total. The molecule has 0 bridgehead atoms. The van der Waals surface area contributed by atoms with Crippen LogP contribution in [0.5, 0.6) is 0 Å². The predicted octanol–water partition coefficient (Wildman–Crippen LogP) is 1.63. The van der Waals surface area contributed by atoms with Crippen molar-refractivity contribution in [1.29, 1.82) is 0 Å². The van der Waals surface area contributed by atoms with Crippen LogP contribution in [-0.4, -0.2) is 4.98 Å². The highest BCUT2D eigenvalue weighted by Crippen LogP contribution is 2.15. The lowest BCUT2D eigenvalue weighted by Crippen LogP contribution is -2.11. The number of H-pyrrole nitrogens is 1. The summed E-state index contributed by atoms with van der Waals surface area (Å²) in [6.07, 6.45) is 0. The molecule has 16 heavy (non-hydrogen) atoms. The first-order valence-corrected chi connectivity index (χ1v) is 4.80. The topological polar surface area (TPSA) is 63.1 Å². The molecule has 0 unspecified atom stereocenters. The van der Waals surface area contributed by atoms with Crippen molar-refractivity contribution in [1.82, 2.24) is 4.98 Å². The molecule has 0 aliphatic carbocycles. The van der Waals surface area contributed by atoms with E-state index >= 15 is 0 Å². The second-order valence-corrected chi connectivity index (χ2v) is 3.49. The van der Waals surface area contributed by atoms with Gasteiger partial charge in [0.2, 0.25) is 11.0 Å². The van der Waals surface area contributed by atoms with Gasteiger partial charge in [0.15, 0.2) is 5.58 Å². The van der Waals surface area contributed by atoms with Gasteiger partial charge in [0.1, 0.15) is 11.1 Å². The van der Waals surface area contributed by atoms with Crippen molar-refractivity contribution in [3.05, 3.63) is 57.0 Å². The molecule has 0 saturated heterocycles. The average molecular weight is 213 g/mol. The predicted molar refractivity (Wildman–Crippen MR) is 60.6 cm³/mol. The van der Waals surface area contributed by atoms with Gasteiger partial charge in [-0.25, -0.2) is 0 Å². The molecule has 4 heteroatoms. The number of nitrogens with one attached hydrogen (secondary N) is 1. The van der Waals surface area contributed by atoms with Crippen molar-refractivity contribution >= 4 is 22.1 Å². The van der Waals surface area contributed by atoms with Gasteiger partial charge in [-0.1, -0.05) is 12.1 Å². The third-order valence-electron chi connectivity index (χ3n) is 2.46. The van der Waals surface area contributed by atoms with Crippen LogP contribution in [0.1, 0.15) is 0 Å². The standard InChI is InChI=1S/C12H7NO3/c14-10-6-5-9-11(13-10)12(15)7-3-1-2-4-8(7)16-9/h1-6H,(H,13,14). The number of pyridine rings is 1. The zero-order chi connectivity index (χ0) is 11.1. The molecule has 1 aromatic carbocycles. The zero-order valence-electron chi connectivity index (χ0n) is 8.19. The van der Waals surface area contributed by atoms with E-state index in [1.165, 1.54) is 12.1 Å². The molecule has 3 rings (SSSR count). The number of fused-ring (bicyclic) bond motifs is 2. The SMILES string of the molecule is O=c1ccc2oc3ccccc3c(=O)c2[nH]1.